The Hall–Kier alpha value is -1.39. The van der Waals surface area contributed by atoms with E-state index < -0.39 is 6.10 Å². The standard InChI is InChI=1S/C14H18O4/c1-16-14(15)12-8-5-9-13(18-12)17-10-11-6-3-2-4-7-11/h2-4,6-7,12-13H,5,8-10H2,1H3/t12-,13+/m0/s1. The minimum atomic E-state index is -0.482. The van der Waals surface area contributed by atoms with E-state index in [2.05, 4.69) is 4.74 Å². The Balaban J connectivity index is 1.81. The summed E-state index contributed by atoms with van der Waals surface area (Å²) in [5.74, 6) is -0.317. The molecule has 1 heterocycles. The summed E-state index contributed by atoms with van der Waals surface area (Å²) in [6.07, 6.45) is 1.64. The van der Waals surface area contributed by atoms with E-state index >= 15 is 0 Å². The number of ether oxygens (including phenoxy) is 3. The van der Waals surface area contributed by atoms with Crippen LogP contribution in [0.2, 0.25) is 0 Å². The number of rotatable bonds is 4. The summed E-state index contributed by atoms with van der Waals surface area (Å²) in [5.41, 5.74) is 1.10. The highest BCUT2D eigenvalue weighted by Crippen LogP contribution is 2.21. The molecule has 0 radical (unpaired) electrons. The molecule has 4 heteroatoms. The lowest BCUT2D eigenvalue weighted by Gasteiger charge is -2.28. The van der Waals surface area contributed by atoms with Gasteiger partial charge in [0.25, 0.3) is 0 Å². The van der Waals surface area contributed by atoms with Gasteiger partial charge in [0.05, 0.1) is 13.7 Å². The molecule has 1 aliphatic heterocycles. The number of esters is 1. The molecule has 0 saturated carbocycles. The molecule has 1 saturated heterocycles. The number of benzene rings is 1. The minimum Gasteiger partial charge on any atom is -0.467 e. The molecular weight excluding hydrogens is 232 g/mol. The normalized spacial score (nSPS) is 23.6. The highest BCUT2D eigenvalue weighted by molar-refractivity contribution is 5.74. The minimum absolute atomic E-state index is 0.317. The number of methoxy groups -OCH3 is 1. The lowest BCUT2D eigenvalue weighted by molar-refractivity contribution is -0.211. The zero-order valence-electron chi connectivity index (χ0n) is 10.5. The number of carbonyl (C=O) groups excluding carboxylic acids is 1. The van der Waals surface area contributed by atoms with Crippen LogP contribution in [0.25, 0.3) is 0 Å². The van der Waals surface area contributed by atoms with Crippen LogP contribution in [0.15, 0.2) is 30.3 Å². The van der Waals surface area contributed by atoms with Crippen molar-refractivity contribution in [2.24, 2.45) is 0 Å². The Bertz CT molecular complexity index is 377. The predicted octanol–water partition coefficient (Wildman–Crippen LogP) is 2.27. The third-order valence-electron chi connectivity index (χ3n) is 2.96. The molecule has 1 aromatic carbocycles. The Labute approximate surface area is 107 Å². The van der Waals surface area contributed by atoms with Gasteiger partial charge in [0.1, 0.15) is 0 Å². The molecule has 0 N–H and O–H groups in total. The smallest absolute Gasteiger partial charge is 0.335 e. The van der Waals surface area contributed by atoms with Crippen LogP contribution >= 0.6 is 0 Å². The van der Waals surface area contributed by atoms with Crippen molar-refractivity contribution in [3.05, 3.63) is 35.9 Å². The predicted molar refractivity (Wildman–Crippen MR) is 65.8 cm³/mol. The Morgan fingerprint density at radius 1 is 1.33 bits per heavy atom. The van der Waals surface area contributed by atoms with Crippen molar-refractivity contribution in [1.82, 2.24) is 0 Å². The fourth-order valence-corrected chi connectivity index (χ4v) is 1.98. The molecule has 0 aliphatic carbocycles. The molecule has 2 atom stereocenters. The van der Waals surface area contributed by atoms with Crippen molar-refractivity contribution in [2.45, 2.75) is 38.3 Å². The second-order valence-electron chi connectivity index (χ2n) is 4.30. The van der Waals surface area contributed by atoms with Crippen LogP contribution in [0.5, 0.6) is 0 Å². The molecule has 0 amide bonds. The topological polar surface area (TPSA) is 44.8 Å². The van der Waals surface area contributed by atoms with Crippen molar-refractivity contribution in [3.63, 3.8) is 0 Å². The van der Waals surface area contributed by atoms with Crippen LogP contribution in [0.3, 0.4) is 0 Å². The largest absolute Gasteiger partial charge is 0.467 e. The molecular formula is C14H18O4. The van der Waals surface area contributed by atoms with E-state index in [-0.39, 0.29) is 12.3 Å². The van der Waals surface area contributed by atoms with E-state index in [1.807, 2.05) is 30.3 Å². The maximum Gasteiger partial charge on any atom is 0.335 e. The average Bonchev–Trinajstić information content (AvgIpc) is 2.45. The first kappa shape index (κ1) is 13.1. The van der Waals surface area contributed by atoms with Gasteiger partial charge in [-0.3, -0.25) is 0 Å². The molecule has 2 rings (SSSR count). The lowest BCUT2D eigenvalue weighted by atomic mass is 10.1. The summed E-state index contributed by atoms with van der Waals surface area (Å²) in [4.78, 5) is 11.4. The number of hydrogen-bond donors (Lipinski definition) is 0. The average molecular weight is 250 g/mol. The van der Waals surface area contributed by atoms with E-state index in [9.17, 15) is 4.79 Å². The van der Waals surface area contributed by atoms with Crippen LogP contribution in [0.1, 0.15) is 24.8 Å². The van der Waals surface area contributed by atoms with Gasteiger partial charge in [-0.2, -0.15) is 0 Å². The van der Waals surface area contributed by atoms with Crippen molar-refractivity contribution < 1.29 is 19.0 Å². The zero-order chi connectivity index (χ0) is 12.8. The van der Waals surface area contributed by atoms with Gasteiger partial charge in [-0.25, -0.2) is 4.79 Å². The van der Waals surface area contributed by atoms with Crippen LogP contribution in [0.4, 0.5) is 0 Å². The van der Waals surface area contributed by atoms with Crippen molar-refractivity contribution >= 4 is 5.97 Å². The molecule has 98 valence electrons. The van der Waals surface area contributed by atoms with Crippen molar-refractivity contribution in [1.29, 1.82) is 0 Å². The van der Waals surface area contributed by atoms with E-state index in [1.165, 1.54) is 7.11 Å². The van der Waals surface area contributed by atoms with Gasteiger partial charge in [-0.05, 0) is 24.8 Å². The summed E-state index contributed by atoms with van der Waals surface area (Å²) in [6, 6.07) is 9.91. The molecule has 0 spiro atoms. The summed E-state index contributed by atoms with van der Waals surface area (Å²) in [6.45, 7) is 0.499. The summed E-state index contributed by atoms with van der Waals surface area (Å²) < 4.78 is 15.9. The van der Waals surface area contributed by atoms with E-state index in [1.54, 1.807) is 0 Å². The van der Waals surface area contributed by atoms with Gasteiger partial charge in [0, 0.05) is 0 Å². The third kappa shape index (κ3) is 3.55. The van der Waals surface area contributed by atoms with Crippen molar-refractivity contribution in [2.75, 3.05) is 7.11 Å². The monoisotopic (exact) mass is 250 g/mol. The Morgan fingerprint density at radius 3 is 2.83 bits per heavy atom. The molecule has 1 aromatic rings. The fourth-order valence-electron chi connectivity index (χ4n) is 1.98. The molecule has 1 fully saturated rings. The third-order valence-corrected chi connectivity index (χ3v) is 2.96. The molecule has 1 aliphatic rings. The number of carbonyl (C=O) groups is 1. The van der Waals surface area contributed by atoms with E-state index in [0.29, 0.717) is 13.0 Å². The van der Waals surface area contributed by atoms with E-state index in [0.717, 1.165) is 18.4 Å². The highest BCUT2D eigenvalue weighted by Gasteiger charge is 2.28. The second-order valence-corrected chi connectivity index (χ2v) is 4.30. The van der Waals surface area contributed by atoms with Gasteiger partial charge >= 0.3 is 5.97 Å². The molecule has 18 heavy (non-hydrogen) atoms. The first-order chi connectivity index (χ1) is 8.79. The van der Waals surface area contributed by atoms with Gasteiger partial charge in [-0.15, -0.1) is 0 Å². The van der Waals surface area contributed by atoms with Gasteiger partial charge in [0.2, 0.25) is 0 Å². The van der Waals surface area contributed by atoms with Crippen LogP contribution in [-0.2, 0) is 25.6 Å². The molecule has 0 aromatic heterocycles. The quantitative estimate of drug-likeness (QED) is 0.769. The SMILES string of the molecule is COC(=O)[C@@H]1CCC[C@H](OCc2ccccc2)O1. The first-order valence-corrected chi connectivity index (χ1v) is 6.18. The molecule has 0 bridgehead atoms. The maximum atomic E-state index is 11.4. The lowest BCUT2D eigenvalue weighted by Crippen LogP contribution is -2.35. The van der Waals surface area contributed by atoms with Crippen molar-refractivity contribution in [3.8, 4) is 0 Å². The van der Waals surface area contributed by atoms with Gasteiger partial charge in [0.15, 0.2) is 12.4 Å². The second kappa shape index (κ2) is 6.52. The summed E-state index contributed by atoms with van der Waals surface area (Å²) in [7, 11) is 1.38. The molecule has 0 unspecified atom stereocenters. The number of hydrogen-bond acceptors (Lipinski definition) is 4. The highest BCUT2D eigenvalue weighted by atomic mass is 16.7. The van der Waals surface area contributed by atoms with Crippen LogP contribution < -0.4 is 0 Å². The van der Waals surface area contributed by atoms with Gasteiger partial charge < -0.3 is 14.2 Å². The molecule has 4 nitrogen and oxygen atoms in total. The van der Waals surface area contributed by atoms with Crippen LogP contribution in [-0.4, -0.2) is 25.5 Å². The first-order valence-electron chi connectivity index (χ1n) is 6.18. The fraction of sp³-hybridized carbons (Fsp3) is 0.500. The Morgan fingerprint density at radius 2 is 2.11 bits per heavy atom. The van der Waals surface area contributed by atoms with Crippen LogP contribution in [0, 0.1) is 0 Å². The van der Waals surface area contributed by atoms with E-state index in [4.69, 9.17) is 9.47 Å². The maximum absolute atomic E-state index is 11.4. The Kier molecular flexibility index (Phi) is 4.73. The zero-order valence-corrected chi connectivity index (χ0v) is 10.5. The summed E-state index contributed by atoms with van der Waals surface area (Å²) >= 11 is 0. The van der Waals surface area contributed by atoms with Gasteiger partial charge in [-0.1, -0.05) is 30.3 Å². The summed E-state index contributed by atoms with van der Waals surface area (Å²) in [5, 5.41) is 0.